The van der Waals surface area contributed by atoms with Gasteiger partial charge in [0.15, 0.2) is 0 Å². The van der Waals surface area contributed by atoms with Gasteiger partial charge < -0.3 is 5.32 Å². The van der Waals surface area contributed by atoms with E-state index in [9.17, 15) is 13.2 Å². The molecule has 5 nitrogen and oxygen atoms in total. The van der Waals surface area contributed by atoms with Crippen LogP contribution in [0.15, 0.2) is 42.0 Å². The van der Waals surface area contributed by atoms with Crippen molar-refractivity contribution in [2.24, 2.45) is 0 Å². The lowest BCUT2D eigenvalue weighted by molar-refractivity contribution is -0.116. The number of hydrogen-bond acceptors (Lipinski definition) is 3. The van der Waals surface area contributed by atoms with Gasteiger partial charge in [0.05, 0.1) is 6.26 Å². The fraction of sp³-hybridized carbons (Fsp3) is 0.471. The minimum atomic E-state index is -3.15. The van der Waals surface area contributed by atoms with E-state index in [4.69, 9.17) is 0 Å². The normalized spacial score (nSPS) is 12.4. The maximum Gasteiger partial charge on any atom is 0.243 e. The van der Waals surface area contributed by atoms with Crippen molar-refractivity contribution in [2.45, 2.75) is 26.2 Å². The number of nitrogens with zero attached hydrogens (tertiary/aromatic N) is 1. The molecular formula is C17H26N2O3S. The first-order valence-corrected chi connectivity index (χ1v) is 9.54. The molecule has 1 aromatic rings. The van der Waals surface area contributed by atoms with Crippen LogP contribution >= 0.6 is 0 Å². The average Bonchev–Trinajstić information content (AvgIpc) is 2.49. The molecular weight excluding hydrogens is 312 g/mol. The van der Waals surface area contributed by atoms with Crippen molar-refractivity contribution in [3.8, 4) is 0 Å². The van der Waals surface area contributed by atoms with E-state index in [0.29, 0.717) is 19.5 Å². The molecule has 0 saturated heterocycles. The third kappa shape index (κ3) is 8.52. The molecule has 0 aliphatic heterocycles. The van der Waals surface area contributed by atoms with Crippen molar-refractivity contribution in [1.29, 1.82) is 0 Å². The van der Waals surface area contributed by atoms with Crippen LogP contribution in [-0.2, 0) is 21.2 Å². The highest BCUT2D eigenvalue weighted by Crippen LogP contribution is 2.08. The van der Waals surface area contributed by atoms with Crippen molar-refractivity contribution in [3.05, 3.63) is 47.5 Å². The predicted molar refractivity (Wildman–Crippen MR) is 93.6 cm³/mol. The fourth-order valence-electron chi connectivity index (χ4n) is 2.01. The molecule has 0 aromatic heterocycles. The molecule has 0 spiro atoms. The molecule has 0 aliphatic rings. The fourth-order valence-corrected chi connectivity index (χ4v) is 2.47. The van der Waals surface area contributed by atoms with E-state index in [1.807, 2.05) is 25.1 Å². The molecule has 1 N–H and O–H groups in total. The zero-order chi connectivity index (χ0) is 17.3. The van der Waals surface area contributed by atoms with Crippen LogP contribution in [0.1, 0.15) is 25.3 Å². The van der Waals surface area contributed by atoms with Crippen molar-refractivity contribution >= 4 is 15.9 Å². The van der Waals surface area contributed by atoms with E-state index in [1.54, 1.807) is 6.08 Å². The number of carbonyl (C=O) groups is 1. The van der Waals surface area contributed by atoms with Crippen molar-refractivity contribution in [2.75, 3.05) is 26.4 Å². The smallest absolute Gasteiger partial charge is 0.243 e. The molecule has 0 saturated carbocycles. The number of amides is 1. The number of carbonyl (C=O) groups excluding carboxylic acids is 1. The summed E-state index contributed by atoms with van der Waals surface area (Å²) in [5, 5.41) is 2.78. The summed E-state index contributed by atoms with van der Waals surface area (Å²) in [6.45, 7) is 2.80. The molecule has 0 atom stereocenters. The molecule has 1 rings (SSSR count). The van der Waals surface area contributed by atoms with Gasteiger partial charge in [0, 0.05) is 26.2 Å². The van der Waals surface area contributed by atoms with Gasteiger partial charge in [-0.05, 0) is 31.7 Å². The van der Waals surface area contributed by atoms with Crippen LogP contribution < -0.4 is 5.32 Å². The number of sulfonamides is 1. The quantitative estimate of drug-likeness (QED) is 0.553. The number of hydrogen-bond donors (Lipinski definition) is 1. The highest BCUT2D eigenvalue weighted by molar-refractivity contribution is 7.88. The number of aryl methyl sites for hydroxylation is 1. The number of nitrogens with one attached hydrogen (secondary N) is 1. The van der Waals surface area contributed by atoms with Crippen molar-refractivity contribution in [1.82, 2.24) is 9.62 Å². The Morgan fingerprint density at radius 1 is 1.26 bits per heavy atom. The van der Waals surface area contributed by atoms with Gasteiger partial charge in [0.1, 0.15) is 0 Å². The summed E-state index contributed by atoms with van der Waals surface area (Å²) in [4.78, 5) is 11.8. The molecule has 128 valence electrons. The van der Waals surface area contributed by atoms with Crippen LogP contribution in [0.5, 0.6) is 0 Å². The first-order valence-electron chi connectivity index (χ1n) is 7.69. The number of rotatable bonds is 9. The van der Waals surface area contributed by atoms with E-state index in [1.165, 1.54) is 23.2 Å². The predicted octanol–water partition coefficient (Wildman–Crippen LogP) is 1.96. The monoisotopic (exact) mass is 338 g/mol. The minimum Gasteiger partial charge on any atom is -0.353 e. The van der Waals surface area contributed by atoms with Crippen LogP contribution in [0.4, 0.5) is 0 Å². The van der Waals surface area contributed by atoms with Gasteiger partial charge >= 0.3 is 0 Å². The maximum absolute atomic E-state index is 11.8. The third-order valence-corrected chi connectivity index (χ3v) is 4.86. The summed E-state index contributed by atoms with van der Waals surface area (Å²) >= 11 is 0. The van der Waals surface area contributed by atoms with Gasteiger partial charge in [-0.2, -0.15) is 0 Å². The van der Waals surface area contributed by atoms with E-state index in [0.717, 1.165) is 18.4 Å². The molecule has 1 aromatic carbocycles. The Morgan fingerprint density at radius 3 is 2.52 bits per heavy atom. The van der Waals surface area contributed by atoms with E-state index in [2.05, 4.69) is 17.4 Å². The molecule has 1 amide bonds. The highest BCUT2D eigenvalue weighted by Gasteiger charge is 2.09. The molecule has 0 aliphatic carbocycles. The topological polar surface area (TPSA) is 66.5 Å². The average molecular weight is 338 g/mol. The van der Waals surface area contributed by atoms with E-state index < -0.39 is 10.0 Å². The molecule has 0 radical (unpaired) electrons. The zero-order valence-corrected chi connectivity index (χ0v) is 14.9. The largest absolute Gasteiger partial charge is 0.353 e. The first-order chi connectivity index (χ1) is 10.8. The van der Waals surface area contributed by atoms with Crippen LogP contribution in [0, 0.1) is 0 Å². The lowest BCUT2D eigenvalue weighted by Crippen LogP contribution is -2.30. The molecule has 0 heterocycles. The molecule has 6 heteroatoms. The second-order valence-electron chi connectivity index (χ2n) is 5.71. The summed E-state index contributed by atoms with van der Waals surface area (Å²) in [5.41, 5.74) is 2.28. The Hall–Kier alpha value is -1.66. The number of allylic oxidation sites excluding steroid dienone is 1. The van der Waals surface area contributed by atoms with Gasteiger partial charge in [-0.25, -0.2) is 12.7 Å². The Bertz CT molecular complexity index is 624. The van der Waals surface area contributed by atoms with Crippen LogP contribution in [0.25, 0.3) is 0 Å². The zero-order valence-electron chi connectivity index (χ0n) is 14.1. The summed E-state index contributed by atoms with van der Waals surface area (Å²) < 4.78 is 23.7. The summed E-state index contributed by atoms with van der Waals surface area (Å²) in [7, 11) is -1.62. The standard InChI is InChI=1S/C17H26N2O3S/c1-15(10-11-16-8-5-4-6-9-16)14-17(20)18-12-7-13-19(2)23(3,21)22/h4-6,8-9,14H,7,10-13H2,1-3H3,(H,18,20)/b15-14-. The first kappa shape index (κ1) is 19.4. The Balaban J connectivity index is 2.26. The van der Waals surface area contributed by atoms with Crippen LogP contribution in [-0.4, -0.2) is 45.0 Å². The van der Waals surface area contributed by atoms with Gasteiger partial charge in [-0.1, -0.05) is 35.9 Å². The summed E-state index contributed by atoms with van der Waals surface area (Å²) in [6.07, 6.45) is 5.13. The maximum atomic E-state index is 11.8. The third-order valence-electron chi connectivity index (χ3n) is 3.54. The lowest BCUT2D eigenvalue weighted by atomic mass is 10.1. The lowest BCUT2D eigenvalue weighted by Gasteiger charge is -2.13. The molecule has 0 bridgehead atoms. The Morgan fingerprint density at radius 2 is 1.91 bits per heavy atom. The second-order valence-corrected chi connectivity index (χ2v) is 7.79. The van der Waals surface area contributed by atoms with Gasteiger partial charge in [0.2, 0.25) is 15.9 Å². The van der Waals surface area contributed by atoms with Crippen molar-refractivity contribution in [3.63, 3.8) is 0 Å². The van der Waals surface area contributed by atoms with Crippen LogP contribution in [0.3, 0.4) is 0 Å². The molecule has 23 heavy (non-hydrogen) atoms. The highest BCUT2D eigenvalue weighted by atomic mass is 32.2. The van der Waals surface area contributed by atoms with Crippen molar-refractivity contribution < 1.29 is 13.2 Å². The van der Waals surface area contributed by atoms with Crippen LogP contribution in [0.2, 0.25) is 0 Å². The second kappa shape index (κ2) is 9.47. The molecule has 0 fully saturated rings. The minimum absolute atomic E-state index is 0.127. The summed E-state index contributed by atoms with van der Waals surface area (Å²) in [5.74, 6) is -0.127. The van der Waals surface area contributed by atoms with Gasteiger partial charge in [-0.15, -0.1) is 0 Å². The van der Waals surface area contributed by atoms with E-state index in [-0.39, 0.29) is 5.91 Å². The van der Waals surface area contributed by atoms with Gasteiger partial charge in [-0.3, -0.25) is 4.79 Å². The van der Waals surface area contributed by atoms with E-state index >= 15 is 0 Å². The SMILES string of the molecule is C/C(=C/C(=O)NCCCN(C)S(C)(=O)=O)CCc1ccccc1. The summed E-state index contributed by atoms with van der Waals surface area (Å²) in [6, 6.07) is 10.2. The number of benzene rings is 1. The van der Waals surface area contributed by atoms with Gasteiger partial charge in [0.25, 0.3) is 0 Å². The Kier molecular flexibility index (Phi) is 7.98. The Labute approximate surface area is 139 Å². The molecule has 0 unspecified atom stereocenters.